The van der Waals surface area contributed by atoms with Crippen LogP contribution in [-0.4, -0.2) is 30.0 Å². The molecule has 3 aromatic carbocycles. The minimum absolute atomic E-state index is 0.130. The first-order chi connectivity index (χ1) is 14.2. The summed E-state index contributed by atoms with van der Waals surface area (Å²) >= 11 is 0. The second kappa shape index (κ2) is 10.5. The number of aliphatic hydroxyl groups excluding tert-OH is 1. The van der Waals surface area contributed by atoms with Crippen LogP contribution in [0.3, 0.4) is 0 Å². The van der Waals surface area contributed by atoms with E-state index < -0.39 is 0 Å². The Bertz CT molecular complexity index is 917. The third-order valence-corrected chi connectivity index (χ3v) is 4.69. The quantitative estimate of drug-likeness (QED) is 0.472. The van der Waals surface area contributed by atoms with Gasteiger partial charge in [-0.15, -0.1) is 0 Å². The average Bonchev–Trinajstić information content (AvgIpc) is 2.77. The van der Waals surface area contributed by atoms with E-state index in [9.17, 15) is 10.2 Å². The number of nitrogens with two attached hydrogens (primary N) is 1. The van der Waals surface area contributed by atoms with Crippen molar-refractivity contribution in [2.24, 2.45) is 5.73 Å². The molecule has 4 heteroatoms. The van der Waals surface area contributed by atoms with E-state index in [-0.39, 0.29) is 12.4 Å². The van der Waals surface area contributed by atoms with Gasteiger partial charge in [0.25, 0.3) is 0 Å². The molecule has 4 N–H and O–H groups in total. The van der Waals surface area contributed by atoms with Crippen molar-refractivity contribution in [2.75, 3.05) is 19.8 Å². The summed E-state index contributed by atoms with van der Waals surface area (Å²) in [7, 11) is 0. The lowest BCUT2D eigenvalue weighted by Crippen LogP contribution is -2.10. The van der Waals surface area contributed by atoms with E-state index in [2.05, 4.69) is 12.1 Å². The minimum Gasteiger partial charge on any atom is -0.508 e. The Kier molecular flexibility index (Phi) is 7.45. The van der Waals surface area contributed by atoms with Crippen molar-refractivity contribution in [3.8, 4) is 11.5 Å². The summed E-state index contributed by atoms with van der Waals surface area (Å²) in [4.78, 5) is 0. The molecule has 0 aliphatic carbocycles. The number of phenolic OH excluding ortho intramolecular Hbond substituents is 1. The predicted molar refractivity (Wildman–Crippen MR) is 118 cm³/mol. The molecule has 0 saturated heterocycles. The number of allylic oxidation sites excluding steroid dienone is 1. The Morgan fingerprint density at radius 2 is 1.41 bits per heavy atom. The molecular weight excluding hydrogens is 362 g/mol. The van der Waals surface area contributed by atoms with Gasteiger partial charge in [0.05, 0.1) is 0 Å². The zero-order valence-electron chi connectivity index (χ0n) is 16.4. The van der Waals surface area contributed by atoms with Crippen LogP contribution in [0.15, 0.2) is 78.9 Å². The molecule has 0 unspecified atom stereocenters. The summed E-state index contributed by atoms with van der Waals surface area (Å²) in [5, 5.41) is 19.2. The second-order valence-corrected chi connectivity index (χ2v) is 6.76. The van der Waals surface area contributed by atoms with Gasteiger partial charge in [0.2, 0.25) is 0 Å². The summed E-state index contributed by atoms with van der Waals surface area (Å²) in [6.07, 6.45) is 1.41. The van der Waals surface area contributed by atoms with Crippen LogP contribution in [0.4, 0.5) is 0 Å². The van der Waals surface area contributed by atoms with Crippen LogP contribution < -0.4 is 10.5 Å². The number of aromatic hydroxyl groups is 1. The normalized spacial score (nSPS) is 11.8. The Balaban J connectivity index is 2.14. The summed E-state index contributed by atoms with van der Waals surface area (Å²) in [6.45, 7) is 1.08. The van der Waals surface area contributed by atoms with Crippen LogP contribution >= 0.6 is 0 Å². The first kappa shape index (κ1) is 20.6. The Labute approximate surface area is 171 Å². The maximum Gasteiger partial charge on any atom is 0.119 e. The number of benzene rings is 3. The fraction of sp³-hybridized carbons (Fsp3) is 0.200. The molecule has 0 bridgehead atoms. The monoisotopic (exact) mass is 389 g/mol. The summed E-state index contributed by atoms with van der Waals surface area (Å²) in [5.74, 6) is 1.01. The van der Waals surface area contributed by atoms with Gasteiger partial charge in [-0.25, -0.2) is 0 Å². The van der Waals surface area contributed by atoms with Crippen molar-refractivity contribution in [3.05, 3.63) is 95.6 Å². The molecule has 0 saturated carbocycles. The van der Waals surface area contributed by atoms with Gasteiger partial charge < -0.3 is 20.7 Å². The van der Waals surface area contributed by atoms with Crippen LogP contribution in [0.5, 0.6) is 11.5 Å². The number of aliphatic hydroxyl groups is 1. The average molecular weight is 389 g/mol. The lowest BCUT2D eigenvalue weighted by molar-refractivity contribution is 0.290. The molecule has 3 rings (SSSR count). The predicted octanol–water partition coefficient (Wildman–Crippen LogP) is 4.46. The molecule has 0 spiro atoms. The third-order valence-electron chi connectivity index (χ3n) is 4.69. The van der Waals surface area contributed by atoms with Crippen molar-refractivity contribution < 1.29 is 14.9 Å². The van der Waals surface area contributed by atoms with Gasteiger partial charge in [0, 0.05) is 13.2 Å². The van der Waals surface area contributed by atoms with Crippen LogP contribution in [0, 0.1) is 0 Å². The standard InChI is InChI=1S/C25H27NO3/c26-16-18-29-23-14-10-21(11-15-23)25(20-8-12-22(28)13-9-20)24(7-4-17-27)19-5-2-1-3-6-19/h1-3,5-6,8-15,27-28H,4,7,16-18,26H2/b25-24-. The van der Waals surface area contributed by atoms with E-state index in [1.165, 1.54) is 0 Å². The highest BCUT2D eigenvalue weighted by Gasteiger charge is 2.14. The van der Waals surface area contributed by atoms with Crippen LogP contribution in [0.1, 0.15) is 29.5 Å². The summed E-state index contributed by atoms with van der Waals surface area (Å²) in [6, 6.07) is 25.4. The molecule has 0 amide bonds. The van der Waals surface area contributed by atoms with E-state index in [1.54, 1.807) is 12.1 Å². The number of phenols is 1. The van der Waals surface area contributed by atoms with Crippen LogP contribution in [-0.2, 0) is 0 Å². The number of rotatable bonds is 9. The van der Waals surface area contributed by atoms with Gasteiger partial charge >= 0.3 is 0 Å². The van der Waals surface area contributed by atoms with Crippen molar-refractivity contribution in [1.29, 1.82) is 0 Å². The van der Waals surface area contributed by atoms with E-state index in [0.717, 1.165) is 40.0 Å². The fourth-order valence-electron chi connectivity index (χ4n) is 3.35. The first-order valence-electron chi connectivity index (χ1n) is 9.85. The molecule has 3 aromatic rings. The molecule has 0 aromatic heterocycles. The SMILES string of the molecule is NCCOc1ccc(/C(=C(/CCCO)c2ccccc2)c2ccc(O)cc2)cc1. The van der Waals surface area contributed by atoms with Gasteiger partial charge in [-0.05, 0) is 64.9 Å². The van der Waals surface area contributed by atoms with Gasteiger partial charge in [-0.3, -0.25) is 0 Å². The van der Waals surface area contributed by atoms with Gasteiger partial charge in [-0.1, -0.05) is 54.6 Å². The van der Waals surface area contributed by atoms with Gasteiger partial charge in [0.15, 0.2) is 0 Å². The van der Waals surface area contributed by atoms with Gasteiger partial charge in [-0.2, -0.15) is 0 Å². The number of ether oxygens (including phenoxy) is 1. The Morgan fingerprint density at radius 3 is 2.00 bits per heavy atom. The first-order valence-corrected chi connectivity index (χ1v) is 9.85. The highest BCUT2D eigenvalue weighted by atomic mass is 16.5. The summed E-state index contributed by atoms with van der Waals surface area (Å²) < 4.78 is 5.61. The molecule has 0 aliphatic heterocycles. The van der Waals surface area contributed by atoms with E-state index in [4.69, 9.17) is 10.5 Å². The van der Waals surface area contributed by atoms with Crippen molar-refractivity contribution in [1.82, 2.24) is 0 Å². The van der Waals surface area contributed by atoms with E-state index in [1.807, 2.05) is 54.6 Å². The highest BCUT2D eigenvalue weighted by Crippen LogP contribution is 2.36. The smallest absolute Gasteiger partial charge is 0.119 e. The molecule has 0 heterocycles. The summed E-state index contributed by atoms with van der Waals surface area (Å²) in [5.41, 5.74) is 10.9. The van der Waals surface area contributed by atoms with E-state index in [0.29, 0.717) is 19.6 Å². The molecule has 0 radical (unpaired) electrons. The largest absolute Gasteiger partial charge is 0.508 e. The molecular formula is C25H27NO3. The third kappa shape index (κ3) is 5.47. The second-order valence-electron chi connectivity index (χ2n) is 6.76. The van der Waals surface area contributed by atoms with E-state index >= 15 is 0 Å². The molecule has 0 aliphatic rings. The highest BCUT2D eigenvalue weighted by molar-refractivity contribution is 5.98. The molecule has 0 atom stereocenters. The molecule has 150 valence electrons. The molecule has 4 nitrogen and oxygen atoms in total. The zero-order valence-corrected chi connectivity index (χ0v) is 16.4. The fourth-order valence-corrected chi connectivity index (χ4v) is 3.35. The van der Waals surface area contributed by atoms with Crippen LogP contribution in [0.2, 0.25) is 0 Å². The van der Waals surface area contributed by atoms with Crippen molar-refractivity contribution >= 4 is 11.1 Å². The van der Waals surface area contributed by atoms with Gasteiger partial charge in [0.1, 0.15) is 18.1 Å². The van der Waals surface area contributed by atoms with Crippen molar-refractivity contribution in [3.63, 3.8) is 0 Å². The molecule has 29 heavy (non-hydrogen) atoms. The van der Waals surface area contributed by atoms with Crippen molar-refractivity contribution in [2.45, 2.75) is 12.8 Å². The Hall–Kier alpha value is -3.08. The topological polar surface area (TPSA) is 75.7 Å². The lowest BCUT2D eigenvalue weighted by Gasteiger charge is -2.18. The maximum absolute atomic E-state index is 9.75. The number of hydrogen-bond acceptors (Lipinski definition) is 4. The lowest BCUT2D eigenvalue weighted by atomic mass is 9.87. The minimum atomic E-state index is 0.130. The maximum atomic E-state index is 9.75. The Morgan fingerprint density at radius 1 is 0.793 bits per heavy atom. The molecule has 0 fully saturated rings. The number of hydrogen-bond donors (Lipinski definition) is 3. The zero-order chi connectivity index (χ0) is 20.5. The van der Waals surface area contributed by atoms with Crippen LogP contribution in [0.25, 0.3) is 11.1 Å².